The highest BCUT2D eigenvalue weighted by Gasteiger charge is 2.28. The minimum atomic E-state index is -1.12. The Labute approximate surface area is 188 Å². The van der Waals surface area contributed by atoms with Gasteiger partial charge in [-0.3, -0.25) is 9.59 Å². The lowest BCUT2D eigenvalue weighted by atomic mass is 10.0. The number of nitrogens with two attached hydrogens (primary N) is 2. The molecule has 0 saturated heterocycles. The van der Waals surface area contributed by atoms with E-state index in [0.717, 1.165) is 16.5 Å². The summed E-state index contributed by atoms with van der Waals surface area (Å²) in [7, 11) is 0. The number of nitrogens with one attached hydrogen (secondary N) is 3. The van der Waals surface area contributed by atoms with E-state index in [0.29, 0.717) is 25.8 Å². The number of benzene rings is 1. The Morgan fingerprint density at radius 2 is 1.75 bits per heavy atom. The van der Waals surface area contributed by atoms with Gasteiger partial charge in [-0.1, -0.05) is 32.0 Å². The number of aromatic nitrogens is 1. The fraction of sp³-hybridized carbons (Fsp3) is 0.522. The Kier molecular flexibility index (Phi) is 9.67. The molecule has 9 nitrogen and oxygen atoms in total. The van der Waals surface area contributed by atoms with Gasteiger partial charge >= 0.3 is 5.97 Å². The highest BCUT2D eigenvalue weighted by molar-refractivity contribution is 5.92. The summed E-state index contributed by atoms with van der Waals surface area (Å²) in [5.41, 5.74) is 13.2. The van der Waals surface area contributed by atoms with E-state index >= 15 is 0 Å². The smallest absolute Gasteiger partial charge is 0.326 e. The molecule has 2 aromatic rings. The fourth-order valence-corrected chi connectivity index (χ4v) is 3.65. The van der Waals surface area contributed by atoms with E-state index in [1.165, 1.54) is 0 Å². The molecule has 0 saturated carbocycles. The summed E-state index contributed by atoms with van der Waals surface area (Å²) in [5.74, 6) is -1.89. The molecule has 1 aromatic carbocycles. The number of unbranched alkanes of at least 4 members (excludes halogenated alkanes) is 1. The number of rotatable bonds is 13. The third kappa shape index (κ3) is 7.35. The molecular formula is C23H35N5O4. The molecule has 0 aliphatic carbocycles. The largest absolute Gasteiger partial charge is 0.480 e. The number of carboxylic acids is 1. The number of aromatic amines is 1. The number of hydrogen-bond acceptors (Lipinski definition) is 5. The van der Waals surface area contributed by atoms with Crippen LogP contribution in [0.5, 0.6) is 0 Å². The lowest BCUT2D eigenvalue weighted by Gasteiger charge is -2.23. The molecule has 9 heteroatoms. The number of carbonyl (C=O) groups excluding carboxylic acids is 2. The van der Waals surface area contributed by atoms with Gasteiger partial charge in [0.05, 0.1) is 6.04 Å². The van der Waals surface area contributed by atoms with Gasteiger partial charge in [0.2, 0.25) is 11.8 Å². The number of hydrogen-bond donors (Lipinski definition) is 6. The van der Waals surface area contributed by atoms with Crippen LogP contribution in [-0.4, -0.2) is 52.5 Å². The van der Waals surface area contributed by atoms with Crippen LogP contribution in [0.25, 0.3) is 10.9 Å². The van der Waals surface area contributed by atoms with E-state index in [9.17, 15) is 19.5 Å². The third-order valence-corrected chi connectivity index (χ3v) is 5.36. The molecule has 32 heavy (non-hydrogen) atoms. The van der Waals surface area contributed by atoms with Crippen molar-refractivity contribution < 1.29 is 19.5 Å². The third-order valence-electron chi connectivity index (χ3n) is 5.36. The van der Waals surface area contributed by atoms with Crippen molar-refractivity contribution in [2.24, 2.45) is 17.4 Å². The second-order valence-electron chi connectivity index (χ2n) is 8.54. The molecule has 0 bridgehead atoms. The van der Waals surface area contributed by atoms with Gasteiger partial charge in [-0.05, 0) is 49.8 Å². The molecule has 0 unspecified atom stereocenters. The summed E-state index contributed by atoms with van der Waals surface area (Å²) in [4.78, 5) is 40.5. The lowest BCUT2D eigenvalue weighted by Crippen LogP contribution is -2.55. The molecule has 0 aliphatic rings. The average molecular weight is 446 g/mol. The van der Waals surface area contributed by atoms with Crippen LogP contribution in [-0.2, 0) is 20.8 Å². The van der Waals surface area contributed by atoms with Crippen molar-refractivity contribution in [1.82, 2.24) is 15.6 Å². The maximum atomic E-state index is 13.1. The summed E-state index contributed by atoms with van der Waals surface area (Å²) >= 11 is 0. The van der Waals surface area contributed by atoms with Crippen molar-refractivity contribution >= 4 is 28.7 Å². The van der Waals surface area contributed by atoms with Gasteiger partial charge in [0.15, 0.2) is 0 Å². The van der Waals surface area contributed by atoms with Gasteiger partial charge in [0, 0.05) is 23.5 Å². The molecule has 2 amide bonds. The first-order valence-corrected chi connectivity index (χ1v) is 11.1. The Balaban J connectivity index is 2.20. The zero-order valence-corrected chi connectivity index (χ0v) is 18.8. The highest BCUT2D eigenvalue weighted by atomic mass is 16.4. The molecule has 8 N–H and O–H groups in total. The van der Waals surface area contributed by atoms with Crippen molar-refractivity contribution in [2.75, 3.05) is 6.54 Å². The molecule has 0 spiro atoms. The summed E-state index contributed by atoms with van der Waals surface area (Å²) < 4.78 is 0. The monoisotopic (exact) mass is 445 g/mol. The normalized spacial score (nSPS) is 14.2. The molecule has 0 fully saturated rings. The molecule has 2 rings (SSSR count). The van der Waals surface area contributed by atoms with Crippen LogP contribution in [0.3, 0.4) is 0 Å². The second kappa shape index (κ2) is 12.2. The van der Waals surface area contributed by atoms with Crippen molar-refractivity contribution in [3.05, 3.63) is 36.0 Å². The summed E-state index contributed by atoms with van der Waals surface area (Å²) in [6, 6.07) is 4.87. The van der Waals surface area contributed by atoms with Gasteiger partial charge in [0.25, 0.3) is 0 Å². The van der Waals surface area contributed by atoms with Crippen molar-refractivity contribution in [1.29, 1.82) is 0 Å². The van der Waals surface area contributed by atoms with Gasteiger partial charge in [-0.25, -0.2) is 4.79 Å². The first-order chi connectivity index (χ1) is 15.2. The topological polar surface area (TPSA) is 163 Å². The molecule has 1 heterocycles. The minimum Gasteiger partial charge on any atom is -0.480 e. The lowest BCUT2D eigenvalue weighted by molar-refractivity contribution is -0.142. The number of fused-ring (bicyclic) bond motifs is 1. The Morgan fingerprint density at radius 3 is 2.41 bits per heavy atom. The predicted molar refractivity (Wildman–Crippen MR) is 124 cm³/mol. The van der Waals surface area contributed by atoms with E-state index in [2.05, 4.69) is 15.6 Å². The van der Waals surface area contributed by atoms with Crippen molar-refractivity contribution in [3.63, 3.8) is 0 Å². The quantitative estimate of drug-likeness (QED) is 0.254. The van der Waals surface area contributed by atoms with Crippen LogP contribution in [0.15, 0.2) is 30.5 Å². The number of carbonyl (C=O) groups is 3. The molecule has 3 atom stereocenters. The average Bonchev–Trinajstić information content (AvgIpc) is 3.14. The number of para-hydroxylation sites is 1. The van der Waals surface area contributed by atoms with Crippen LogP contribution in [0.2, 0.25) is 0 Å². The number of amides is 2. The van der Waals surface area contributed by atoms with Crippen molar-refractivity contribution in [3.8, 4) is 0 Å². The standard InChI is InChI=1S/C23H35N5O4/c1-14(2)11-17(25)21(29)28-20(12-15-13-26-18-8-4-3-7-16(15)18)22(30)27-19(23(31)32)9-5-6-10-24/h3-4,7-8,13-14,17,19-20,26H,5-6,9-12,24-25H2,1-2H3,(H,27,30)(H,28,29)(H,31,32)/t17-,19-,20-/m0/s1. The zero-order chi connectivity index (χ0) is 23.7. The zero-order valence-electron chi connectivity index (χ0n) is 18.8. The van der Waals surface area contributed by atoms with Crippen LogP contribution in [0, 0.1) is 5.92 Å². The Morgan fingerprint density at radius 1 is 1.06 bits per heavy atom. The summed E-state index contributed by atoms with van der Waals surface area (Å²) in [6.07, 6.45) is 3.97. The fourth-order valence-electron chi connectivity index (χ4n) is 3.65. The van der Waals surface area contributed by atoms with Crippen LogP contribution >= 0.6 is 0 Å². The Bertz CT molecular complexity index is 911. The van der Waals surface area contributed by atoms with Crippen LogP contribution in [0.4, 0.5) is 0 Å². The molecule has 0 radical (unpaired) electrons. The van der Waals surface area contributed by atoms with Gasteiger partial charge in [-0.2, -0.15) is 0 Å². The van der Waals surface area contributed by atoms with Gasteiger partial charge in [0.1, 0.15) is 12.1 Å². The van der Waals surface area contributed by atoms with Crippen LogP contribution in [0.1, 0.15) is 45.1 Å². The van der Waals surface area contributed by atoms with E-state index in [-0.39, 0.29) is 18.8 Å². The second-order valence-corrected chi connectivity index (χ2v) is 8.54. The molecule has 176 valence electrons. The molecular weight excluding hydrogens is 410 g/mol. The van der Waals surface area contributed by atoms with Gasteiger partial charge < -0.3 is 32.2 Å². The number of carboxylic acid groups (broad SMARTS) is 1. The molecule has 0 aliphatic heterocycles. The minimum absolute atomic E-state index is 0.200. The molecule has 1 aromatic heterocycles. The maximum Gasteiger partial charge on any atom is 0.326 e. The van der Waals surface area contributed by atoms with Crippen molar-refractivity contribution in [2.45, 2.75) is 64.1 Å². The summed E-state index contributed by atoms with van der Waals surface area (Å²) in [6.45, 7) is 4.37. The van der Waals surface area contributed by atoms with E-state index in [1.807, 2.05) is 38.1 Å². The SMILES string of the molecule is CC(C)C[C@H](N)C(=O)N[C@@H](Cc1c[nH]c2ccccc12)C(=O)N[C@@H](CCCCN)C(=O)O. The maximum absolute atomic E-state index is 13.1. The van der Waals surface area contributed by atoms with E-state index in [1.54, 1.807) is 6.20 Å². The van der Waals surface area contributed by atoms with Crippen LogP contribution < -0.4 is 22.1 Å². The highest BCUT2D eigenvalue weighted by Crippen LogP contribution is 2.19. The van der Waals surface area contributed by atoms with E-state index in [4.69, 9.17) is 11.5 Å². The van der Waals surface area contributed by atoms with Gasteiger partial charge in [-0.15, -0.1) is 0 Å². The Hall–Kier alpha value is -2.91. The predicted octanol–water partition coefficient (Wildman–Crippen LogP) is 1.27. The number of H-pyrrole nitrogens is 1. The first kappa shape index (κ1) is 25.4. The summed E-state index contributed by atoms with van der Waals surface area (Å²) in [5, 5.41) is 15.8. The number of aliphatic carboxylic acids is 1. The van der Waals surface area contributed by atoms with E-state index < -0.39 is 35.9 Å². The first-order valence-electron chi connectivity index (χ1n) is 11.1.